The summed E-state index contributed by atoms with van der Waals surface area (Å²) in [7, 11) is 0. The molecule has 1 saturated heterocycles. The molecule has 0 amide bonds. The minimum atomic E-state index is -0.397. The summed E-state index contributed by atoms with van der Waals surface area (Å²) in [5.74, 6) is 1.36. The fraction of sp³-hybridized carbons (Fsp3) is 0.650. The van der Waals surface area contributed by atoms with Crippen LogP contribution >= 0.6 is 0 Å². The fourth-order valence-corrected chi connectivity index (χ4v) is 3.77. The van der Waals surface area contributed by atoms with Gasteiger partial charge in [0.2, 0.25) is 5.71 Å². The molecule has 1 aliphatic rings. The molecular weight excluding hydrogens is 344 g/mol. The van der Waals surface area contributed by atoms with Crippen LogP contribution in [0.25, 0.3) is 11.1 Å². The number of hydrogen-bond acceptors (Lipinski definition) is 7. The van der Waals surface area contributed by atoms with E-state index in [-0.39, 0.29) is 0 Å². The van der Waals surface area contributed by atoms with E-state index in [1.165, 1.54) is 25.8 Å². The molecule has 7 heteroatoms. The van der Waals surface area contributed by atoms with Crippen LogP contribution in [0, 0.1) is 13.8 Å². The fourth-order valence-electron chi connectivity index (χ4n) is 3.77. The highest BCUT2D eigenvalue weighted by atomic mass is 16.5. The molecule has 27 heavy (non-hydrogen) atoms. The van der Waals surface area contributed by atoms with Gasteiger partial charge in [-0.1, -0.05) is 6.42 Å². The van der Waals surface area contributed by atoms with Crippen LogP contribution in [0.5, 0.6) is 0 Å². The summed E-state index contributed by atoms with van der Waals surface area (Å²) in [6.45, 7) is 11.0. The number of anilines is 1. The SMILES string of the molecule is CCOC(=O)c1c(C)oc2nc(C)nc(NCCCN3CCCCC3C)c12. The lowest BCUT2D eigenvalue weighted by Crippen LogP contribution is -2.38. The van der Waals surface area contributed by atoms with Gasteiger partial charge in [-0.3, -0.25) is 0 Å². The average molecular weight is 374 g/mol. The molecule has 0 bridgehead atoms. The van der Waals surface area contributed by atoms with E-state index < -0.39 is 5.97 Å². The molecule has 1 unspecified atom stereocenters. The number of nitrogens with one attached hydrogen (secondary N) is 1. The summed E-state index contributed by atoms with van der Waals surface area (Å²) >= 11 is 0. The first-order chi connectivity index (χ1) is 13.0. The molecule has 0 spiro atoms. The lowest BCUT2D eigenvalue weighted by atomic mass is 10.0. The number of nitrogens with zero attached hydrogens (tertiary/aromatic N) is 3. The van der Waals surface area contributed by atoms with E-state index in [4.69, 9.17) is 9.15 Å². The van der Waals surface area contributed by atoms with E-state index in [2.05, 4.69) is 27.1 Å². The number of rotatable bonds is 7. The zero-order chi connectivity index (χ0) is 19.4. The Morgan fingerprint density at radius 1 is 1.33 bits per heavy atom. The van der Waals surface area contributed by atoms with Gasteiger partial charge in [-0.25, -0.2) is 9.78 Å². The van der Waals surface area contributed by atoms with E-state index in [0.717, 1.165) is 19.5 Å². The first kappa shape index (κ1) is 19.6. The topological polar surface area (TPSA) is 80.5 Å². The van der Waals surface area contributed by atoms with Crippen LogP contribution in [0.15, 0.2) is 4.42 Å². The van der Waals surface area contributed by atoms with Gasteiger partial charge in [-0.2, -0.15) is 4.98 Å². The van der Waals surface area contributed by atoms with Crippen molar-refractivity contribution >= 4 is 22.9 Å². The molecule has 1 N–H and O–H groups in total. The highest BCUT2D eigenvalue weighted by Gasteiger charge is 2.24. The van der Waals surface area contributed by atoms with Gasteiger partial charge in [0.05, 0.1) is 12.0 Å². The minimum absolute atomic E-state index is 0.314. The molecule has 0 aromatic carbocycles. The summed E-state index contributed by atoms with van der Waals surface area (Å²) < 4.78 is 10.9. The van der Waals surface area contributed by atoms with Crippen molar-refractivity contribution in [1.29, 1.82) is 0 Å². The molecule has 0 radical (unpaired) electrons. The molecule has 0 aliphatic carbocycles. The lowest BCUT2D eigenvalue weighted by Gasteiger charge is -2.33. The third kappa shape index (κ3) is 4.40. The van der Waals surface area contributed by atoms with Crippen LogP contribution in [0.3, 0.4) is 0 Å². The Labute approximate surface area is 160 Å². The van der Waals surface area contributed by atoms with Gasteiger partial charge in [0, 0.05) is 19.1 Å². The van der Waals surface area contributed by atoms with Gasteiger partial charge in [0.25, 0.3) is 0 Å². The second-order valence-corrected chi connectivity index (χ2v) is 7.21. The second kappa shape index (κ2) is 8.69. The smallest absolute Gasteiger partial charge is 0.342 e. The largest absolute Gasteiger partial charge is 0.462 e. The molecule has 3 rings (SSSR count). The number of fused-ring (bicyclic) bond motifs is 1. The summed E-state index contributed by atoms with van der Waals surface area (Å²) in [6.07, 6.45) is 4.93. The van der Waals surface area contributed by atoms with Crippen LogP contribution in [0.2, 0.25) is 0 Å². The van der Waals surface area contributed by atoms with E-state index in [1.807, 2.05) is 6.92 Å². The Kier molecular flexibility index (Phi) is 6.31. The van der Waals surface area contributed by atoms with Crippen molar-refractivity contribution in [3.8, 4) is 0 Å². The standard InChI is InChI=1S/C20H30N4O3/c1-5-26-20(25)16-14(3)27-19-17(16)18(22-15(4)23-19)21-10-8-12-24-11-7-6-9-13(24)2/h13H,5-12H2,1-4H3,(H,21,22,23). The Bertz CT molecular complexity index is 802. The second-order valence-electron chi connectivity index (χ2n) is 7.21. The van der Waals surface area contributed by atoms with Crippen LogP contribution in [-0.2, 0) is 4.74 Å². The Hall–Kier alpha value is -2.15. The molecule has 1 fully saturated rings. The van der Waals surface area contributed by atoms with Crippen molar-refractivity contribution in [2.45, 2.75) is 59.4 Å². The highest BCUT2D eigenvalue weighted by molar-refractivity contribution is 6.07. The molecule has 2 aromatic heterocycles. The van der Waals surface area contributed by atoms with Gasteiger partial charge in [0.1, 0.15) is 23.0 Å². The number of furan rings is 1. The van der Waals surface area contributed by atoms with Gasteiger partial charge in [0.15, 0.2) is 0 Å². The number of ether oxygens (including phenoxy) is 1. The predicted molar refractivity (Wildman–Crippen MR) is 105 cm³/mol. The molecule has 1 atom stereocenters. The zero-order valence-electron chi connectivity index (χ0n) is 16.8. The molecule has 7 nitrogen and oxygen atoms in total. The van der Waals surface area contributed by atoms with Crippen molar-refractivity contribution in [3.05, 3.63) is 17.1 Å². The third-order valence-electron chi connectivity index (χ3n) is 5.17. The molecular formula is C20H30N4O3. The number of likely N-dealkylation sites (tertiary alicyclic amines) is 1. The van der Waals surface area contributed by atoms with Crippen LogP contribution < -0.4 is 5.32 Å². The Morgan fingerprint density at radius 2 is 2.15 bits per heavy atom. The average Bonchev–Trinajstić information content (AvgIpc) is 2.96. The summed E-state index contributed by atoms with van der Waals surface area (Å²) in [5, 5.41) is 4.00. The maximum atomic E-state index is 12.4. The normalized spacial score (nSPS) is 18.0. The molecule has 3 heterocycles. The number of piperidine rings is 1. The predicted octanol–water partition coefficient (Wildman–Crippen LogP) is 3.69. The van der Waals surface area contributed by atoms with E-state index in [0.29, 0.717) is 46.7 Å². The van der Waals surface area contributed by atoms with Gasteiger partial charge in [-0.05, 0) is 53.5 Å². The van der Waals surface area contributed by atoms with Crippen LogP contribution in [0.4, 0.5) is 5.82 Å². The maximum Gasteiger partial charge on any atom is 0.342 e. The van der Waals surface area contributed by atoms with Crippen LogP contribution in [-0.4, -0.2) is 53.1 Å². The van der Waals surface area contributed by atoms with E-state index in [1.54, 1.807) is 13.8 Å². The summed E-state index contributed by atoms with van der Waals surface area (Å²) in [6, 6.07) is 0.665. The molecule has 0 saturated carbocycles. The van der Waals surface area contributed by atoms with Crippen molar-refractivity contribution in [2.75, 3.05) is 31.6 Å². The monoisotopic (exact) mass is 374 g/mol. The number of esters is 1. The number of carbonyl (C=O) groups excluding carboxylic acids is 1. The van der Waals surface area contributed by atoms with E-state index >= 15 is 0 Å². The first-order valence-electron chi connectivity index (χ1n) is 9.94. The molecule has 1 aliphatic heterocycles. The minimum Gasteiger partial charge on any atom is -0.462 e. The van der Waals surface area contributed by atoms with Crippen molar-refractivity contribution < 1.29 is 13.9 Å². The Morgan fingerprint density at radius 3 is 2.89 bits per heavy atom. The van der Waals surface area contributed by atoms with Gasteiger partial charge >= 0.3 is 5.97 Å². The lowest BCUT2D eigenvalue weighted by molar-refractivity contribution is 0.0526. The summed E-state index contributed by atoms with van der Waals surface area (Å²) in [5.41, 5.74) is 0.842. The number of hydrogen-bond donors (Lipinski definition) is 1. The van der Waals surface area contributed by atoms with Crippen LogP contribution in [0.1, 0.15) is 61.5 Å². The molecule has 2 aromatic rings. The Balaban J connectivity index is 1.74. The van der Waals surface area contributed by atoms with E-state index in [9.17, 15) is 4.79 Å². The molecule has 148 valence electrons. The quantitative estimate of drug-likeness (QED) is 0.585. The number of aromatic nitrogens is 2. The highest BCUT2D eigenvalue weighted by Crippen LogP contribution is 2.30. The number of carbonyl (C=O) groups is 1. The zero-order valence-corrected chi connectivity index (χ0v) is 16.8. The summed E-state index contributed by atoms with van der Waals surface area (Å²) in [4.78, 5) is 23.8. The van der Waals surface area contributed by atoms with Crippen molar-refractivity contribution in [2.24, 2.45) is 0 Å². The third-order valence-corrected chi connectivity index (χ3v) is 5.17. The first-order valence-corrected chi connectivity index (χ1v) is 9.94. The number of aryl methyl sites for hydroxylation is 2. The van der Waals surface area contributed by atoms with Crippen molar-refractivity contribution in [3.63, 3.8) is 0 Å². The van der Waals surface area contributed by atoms with Crippen molar-refractivity contribution in [1.82, 2.24) is 14.9 Å². The van der Waals surface area contributed by atoms with Gasteiger partial charge in [-0.15, -0.1) is 0 Å². The maximum absolute atomic E-state index is 12.4. The van der Waals surface area contributed by atoms with Gasteiger partial charge < -0.3 is 19.4 Å².